The second-order valence-electron chi connectivity index (χ2n) is 9.09. The second-order valence-corrected chi connectivity index (χ2v) is 9.09. The molecule has 1 aliphatic heterocycles. The highest BCUT2D eigenvalue weighted by molar-refractivity contribution is 5.86. The summed E-state index contributed by atoms with van der Waals surface area (Å²) in [4.78, 5) is 26.7. The molecule has 0 amide bonds. The number of carbonyl (C=O) groups is 2. The van der Waals surface area contributed by atoms with E-state index in [1.165, 1.54) is 11.6 Å². The highest BCUT2D eigenvalue weighted by atomic mass is 35.5. The Hall–Kier alpha value is -3.39. The predicted octanol–water partition coefficient (Wildman–Crippen LogP) is 4.26. The number of hydrogen-bond donors (Lipinski definition) is 2. The fraction of sp³-hybridized carbons (Fsp3) is 0.310. The van der Waals surface area contributed by atoms with Crippen LogP contribution in [-0.4, -0.2) is 53.4 Å². The number of hydrogen-bond acceptors (Lipinski definition) is 6. The Morgan fingerprint density at radius 1 is 0.892 bits per heavy atom. The Morgan fingerprint density at radius 3 is 2.16 bits per heavy atom. The number of carboxylic acid groups (broad SMARTS) is 1. The molecule has 4 rings (SSSR count). The lowest BCUT2D eigenvalue weighted by molar-refractivity contribution is -0.164. The van der Waals surface area contributed by atoms with E-state index in [-0.39, 0.29) is 36.2 Å². The Morgan fingerprint density at radius 2 is 1.51 bits per heavy atom. The molecule has 0 radical (unpaired) electrons. The van der Waals surface area contributed by atoms with E-state index >= 15 is 0 Å². The van der Waals surface area contributed by atoms with Crippen LogP contribution >= 0.6 is 12.4 Å². The zero-order valence-electron chi connectivity index (χ0n) is 20.5. The minimum absolute atomic E-state index is 0. The first kappa shape index (κ1) is 28.2. The quantitative estimate of drug-likeness (QED) is 0.382. The molecule has 0 aromatic heterocycles. The number of aliphatic carboxylic acids is 1. The summed E-state index contributed by atoms with van der Waals surface area (Å²) in [7, 11) is 0. The van der Waals surface area contributed by atoms with Gasteiger partial charge in [-0.3, -0.25) is 4.90 Å². The summed E-state index contributed by atoms with van der Waals surface area (Å²) in [5, 5.41) is 20.6. The molecular weight excluding hydrogens is 494 g/mol. The topological polar surface area (TPSA) is 96.3 Å². The van der Waals surface area contributed by atoms with Gasteiger partial charge in [-0.15, -0.1) is 12.4 Å². The second kappa shape index (κ2) is 13.2. The maximum absolute atomic E-state index is 13.4. The third kappa shape index (κ3) is 7.32. The molecule has 196 valence electrons. The number of rotatable bonds is 10. The van der Waals surface area contributed by atoms with Crippen LogP contribution in [0.15, 0.2) is 84.9 Å². The van der Waals surface area contributed by atoms with Gasteiger partial charge in [-0.1, -0.05) is 72.8 Å². The number of piperidine rings is 1. The molecule has 0 aliphatic carbocycles. The molecule has 1 atom stereocenters. The summed E-state index contributed by atoms with van der Waals surface area (Å²) in [6, 6.07) is 25.2. The largest absolute Gasteiger partial charge is 0.482 e. The molecule has 37 heavy (non-hydrogen) atoms. The van der Waals surface area contributed by atoms with Crippen LogP contribution in [0, 0.1) is 5.92 Å². The van der Waals surface area contributed by atoms with E-state index in [4.69, 9.17) is 14.6 Å². The molecule has 1 fully saturated rings. The first-order valence-electron chi connectivity index (χ1n) is 12.1. The molecule has 0 bridgehead atoms. The summed E-state index contributed by atoms with van der Waals surface area (Å²) in [5.41, 5.74) is -0.162. The van der Waals surface area contributed by atoms with Crippen LogP contribution in [0.1, 0.15) is 29.5 Å². The van der Waals surface area contributed by atoms with Crippen molar-refractivity contribution >= 4 is 24.3 Å². The summed E-state index contributed by atoms with van der Waals surface area (Å²) in [6.07, 6.45) is 1.81. The predicted molar refractivity (Wildman–Crippen MR) is 142 cm³/mol. The van der Waals surface area contributed by atoms with E-state index < -0.39 is 24.1 Å². The average molecular weight is 526 g/mol. The van der Waals surface area contributed by atoms with Crippen molar-refractivity contribution in [1.29, 1.82) is 0 Å². The van der Waals surface area contributed by atoms with Crippen LogP contribution in [0.4, 0.5) is 0 Å². The molecular formula is C29H32ClNO6. The van der Waals surface area contributed by atoms with E-state index in [0.717, 1.165) is 32.5 Å². The summed E-state index contributed by atoms with van der Waals surface area (Å²) in [6.45, 7) is 2.44. The highest BCUT2D eigenvalue weighted by Crippen LogP contribution is 2.33. The average Bonchev–Trinajstić information content (AvgIpc) is 2.92. The van der Waals surface area contributed by atoms with E-state index in [1.807, 2.05) is 18.2 Å². The van der Waals surface area contributed by atoms with Crippen molar-refractivity contribution in [3.05, 3.63) is 102 Å². The van der Waals surface area contributed by atoms with Crippen LogP contribution in [0.2, 0.25) is 0 Å². The van der Waals surface area contributed by atoms with Crippen molar-refractivity contribution in [1.82, 2.24) is 4.90 Å². The summed E-state index contributed by atoms with van der Waals surface area (Å²) < 4.78 is 11.0. The minimum Gasteiger partial charge on any atom is -0.482 e. The van der Waals surface area contributed by atoms with Gasteiger partial charge in [0.25, 0.3) is 0 Å². The molecule has 7 nitrogen and oxygen atoms in total. The number of esters is 1. The van der Waals surface area contributed by atoms with Crippen molar-refractivity contribution in [2.75, 3.05) is 26.3 Å². The zero-order chi connectivity index (χ0) is 25.4. The lowest BCUT2D eigenvalue weighted by Gasteiger charge is -2.33. The van der Waals surface area contributed by atoms with E-state index in [2.05, 4.69) is 17.0 Å². The van der Waals surface area contributed by atoms with Gasteiger partial charge in [0.2, 0.25) is 5.60 Å². The Balaban J connectivity index is 0.00000380. The van der Waals surface area contributed by atoms with Crippen LogP contribution in [-0.2, 0) is 26.5 Å². The van der Waals surface area contributed by atoms with Gasteiger partial charge in [-0.2, -0.15) is 0 Å². The fourth-order valence-corrected chi connectivity index (χ4v) is 4.49. The molecule has 8 heteroatoms. The molecule has 1 heterocycles. The van der Waals surface area contributed by atoms with Gasteiger partial charge >= 0.3 is 11.9 Å². The van der Waals surface area contributed by atoms with E-state index in [0.29, 0.717) is 5.56 Å². The Bertz CT molecular complexity index is 1150. The lowest BCUT2D eigenvalue weighted by Crippen LogP contribution is -2.40. The standard InChI is InChI=1S/C29H31NO6.ClH/c31-27(32)21-35-26-13-7-12-25(18-26)29(34,24-10-5-2-6-11-24)28(33)36-20-23-14-16-30(17-15-23)19-22-8-3-1-4-9-22;/h1-13,18,23,34H,14-17,19-21H2,(H,31,32);1H. The fourth-order valence-electron chi connectivity index (χ4n) is 4.49. The summed E-state index contributed by atoms with van der Waals surface area (Å²) in [5.74, 6) is -1.43. The third-order valence-corrected chi connectivity index (χ3v) is 6.51. The SMILES string of the molecule is Cl.O=C(O)COc1cccc(C(O)(C(=O)OCC2CCN(Cc3ccccc3)CC2)c2ccccc2)c1. The number of carbonyl (C=O) groups excluding carboxylic acids is 1. The maximum Gasteiger partial charge on any atom is 0.347 e. The lowest BCUT2D eigenvalue weighted by atomic mass is 9.86. The maximum atomic E-state index is 13.4. The van der Waals surface area contributed by atoms with E-state index in [1.54, 1.807) is 48.5 Å². The van der Waals surface area contributed by atoms with Gasteiger partial charge in [0.1, 0.15) is 5.75 Å². The van der Waals surface area contributed by atoms with Crippen molar-refractivity contribution in [2.45, 2.75) is 25.0 Å². The molecule has 1 saturated heterocycles. The highest BCUT2D eigenvalue weighted by Gasteiger charge is 2.42. The van der Waals surface area contributed by atoms with Crippen molar-refractivity contribution in [3.8, 4) is 5.75 Å². The molecule has 3 aromatic rings. The van der Waals surface area contributed by atoms with Gasteiger partial charge in [-0.25, -0.2) is 9.59 Å². The molecule has 2 N–H and O–H groups in total. The number of nitrogens with zero attached hydrogens (tertiary/aromatic N) is 1. The van der Waals surface area contributed by atoms with E-state index in [9.17, 15) is 14.7 Å². The Labute approximate surface area is 223 Å². The molecule has 1 aliphatic rings. The number of aliphatic hydroxyl groups is 1. The number of halogens is 1. The van der Waals surface area contributed by atoms with Gasteiger partial charge < -0.3 is 19.7 Å². The number of likely N-dealkylation sites (tertiary alicyclic amines) is 1. The molecule has 0 spiro atoms. The van der Waals surface area contributed by atoms with Crippen LogP contribution in [0.25, 0.3) is 0 Å². The molecule has 1 unspecified atom stereocenters. The van der Waals surface area contributed by atoms with Crippen LogP contribution in [0.3, 0.4) is 0 Å². The van der Waals surface area contributed by atoms with Gasteiger partial charge in [0.15, 0.2) is 6.61 Å². The zero-order valence-corrected chi connectivity index (χ0v) is 21.3. The Kier molecular flexibility index (Phi) is 10.1. The molecule has 0 saturated carbocycles. The minimum atomic E-state index is -2.06. The number of carboxylic acids is 1. The van der Waals surface area contributed by atoms with Crippen molar-refractivity contribution in [2.24, 2.45) is 5.92 Å². The molecule has 3 aromatic carbocycles. The van der Waals surface area contributed by atoms with Crippen molar-refractivity contribution < 1.29 is 29.3 Å². The monoisotopic (exact) mass is 525 g/mol. The first-order valence-corrected chi connectivity index (χ1v) is 12.1. The van der Waals surface area contributed by atoms with Crippen LogP contribution in [0.5, 0.6) is 5.75 Å². The smallest absolute Gasteiger partial charge is 0.347 e. The third-order valence-electron chi connectivity index (χ3n) is 6.51. The van der Waals surface area contributed by atoms with Crippen LogP contribution < -0.4 is 4.74 Å². The van der Waals surface area contributed by atoms with Crippen molar-refractivity contribution in [3.63, 3.8) is 0 Å². The summed E-state index contributed by atoms with van der Waals surface area (Å²) >= 11 is 0. The van der Waals surface area contributed by atoms with Gasteiger partial charge in [0.05, 0.1) is 6.61 Å². The number of benzene rings is 3. The first-order chi connectivity index (χ1) is 17.4. The van der Waals surface area contributed by atoms with Gasteiger partial charge in [0, 0.05) is 12.1 Å². The van der Waals surface area contributed by atoms with Gasteiger partial charge in [-0.05, 0) is 55.1 Å². The number of ether oxygens (including phenoxy) is 2. The normalized spacial score (nSPS) is 15.7.